The molecular weight excluding hydrogens is 1200 g/mol. The second-order valence-corrected chi connectivity index (χ2v) is 25.6. The Kier molecular flexibility index (Phi) is 41.8. The van der Waals surface area contributed by atoms with Gasteiger partial charge in [-0.2, -0.15) is 0 Å². The molecule has 0 aliphatic rings. The van der Waals surface area contributed by atoms with Crippen LogP contribution >= 0.6 is 46.4 Å². The molecule has 0 N–H and O–H groups in total. The van der Waals surface area contributed by atoms with Crippen LogP contribution in [0.4, 0.5) is 34.5 Å². The first-order valence-corrected chi connectivity index (χ1v) is 26.0. The third-order valence-corrected chi connectivity index (χ3v) is 10.1. The average Bonchev–Trinajstić information content (AvgIpc) is 3.50. The number of hydrogen-bond acceptors (Lipinski definition) is 0. The monoisotopic (exact) mass is 1300 g/mol. The van der Waals surface area contributed by atoms with Crippen molar-refractivity contribution >= 4 is 60.9 Å². The largest absolute Gasteiger partial charge is 0.673 e. The van der Waals surface area contributed by atoms with Gasteiger partial charge in [0.05, 0.1) is 46.1 Å². The van der Waals surface area contributed by atoms with E-state index in [1.54, 1.807) is 0 Å². The number of halogens is 12. The molecule has 0 aromatic heterocycles. The van der Waals surface area contributed by atoms with Crippen molar-refractivity contribution < 1.29 is 76.7 Å². The van der Waals surface area contributed by atoms with Crippen molar-refractivity contribution in [1.82, 2.24) is 0 Å². The summed E-state index contributed by atoms with van der Waals surface area (Å²) in [5.74, 6) is 0. The van der Waals surface area contributed by atoms with Gasteiger partial charge in [-0.25, -0.2) is 0 Å². The summed E-state index contributed by atoms with van der Waals surface area (Å²) in [6, 6.07) is 31.9. The van der Waals surface area contributed by atoms with Gasteiger partial charge in [-0.1, -0.05) is 111 Å². The number of aryl methyl sites for hydroxylation is 6. The summed E-state index contributed by atoms with van der Waals surface area (Å²) in [6.07, 6.45) is 0. The molecule has 4 aromatic carbocycles. The first kappa shape index (κ1) is 84.0. The van der Waals surface area contributed by atoms with Gasteiger partial charge in [0.1, 0.15) is 0 Å². The fraction of sp³-hybridized carbons (Fsp3) is 0.552. The van der Waals surface area contributed by atoms with Crippen molar-refractivity contribution in [3.63, 3.8) is 0 Å². The van der Waals surface area contributed by atoms with Gasteiger partial charge in [0.25, 0.3) is 0 Å². The van der Waals surface area contributed by atoms with Crippen molar-refractivity contribution in [2.24, 2.45) is 0 Å². The molecule has 4 aromatic rings. The molecule has 0 aliphatic heterocycles. The molecule has 424 valence electrons. The Hall–Kier alpha value is -1.27. The van der Waals surface area contributed by atoms with Crippen LogP contribution in [0.2, 0.25) is 0 Å². The first-order chi connectivity index (χ1) is 31.8. The topological polar surface area (TPSA) is 0 Å². The minimum absolute atomic E-state index is 0. The molecule has 0 heterocycles. The van der Waals surface area contributed by atoms with Crippen molar-refractivity contribution in [2.75, 3.05) is 10.7 Å². The molecule has 0 bridgehead atoms. The second-order valence-electron chi connectivity index (χ2n) is 24.0. The van der Waals surface area contributed by atoms with Gasteiger partial charge in [-0.3, -0.25) is 0 Å². The van der Waals surface area contributed by atoms with E-state index in [4.69, 9.17) is 46.4 Å². The number of benzene rings is 2. The van der Waals surface area contributed by atoms with Crippen LogP contribution in [-0.2, 0) is 74.6 Å². The molecule has 0 radical (unpaired) electrons. The van der Waals surface area contributed by atoms with Gasteiger partial charge >= 0.3 is 14.5 Å². The van der Waals surface area contributed by atoms with Crippen molar-refractivity contribution in [2.45, 2.75) is 199 Å². The molecule has 16 heteroatoms. The van der Waals surface area contributed by atoms with E-state index in [0.717, 1.165) is 0 Å². The molecule has 0 saturated heterocycles. The van der Waals surface area contributed by atoms with Crippen LogP contribution in [0.15, 0.2) is 84.9 Å². The molecule has 0 spiro atoms. The predicted molar refractivity (Wildman–Crippen MR) is 309 cm³/mol. The zero-order valence-corrected chi connectivity index (χ0v) is 56.0. The van der Waals surface area contributed by atoms with E-state index in [-0.39, 0.29) is 85.3 Å². The SMILES string of the molecule is CC(C)(C)c1cc[c+](C(C)(C)C)cc(C(C)(C)C)c1.CC(C)(C)c1cc[c+](C(C)(C)C)cc(C(C)(C)C)c1.Cc1cc(C)cc(C)c1.Cc1cc(C)cc(C)c1.ClCCl.ClCCl.F[B-](F)(F)F.F[B-](F)(F)F.[Mo].[Mo]. The summed E-state index contributed by atoms with van der Waals surface area (Å²) in [7, 11) is -12.0. The zero-order chi connectivity index (χ0) is 58.2. The Morgan fingerprint density at radius 1 is 0.338 bits per heavy atom. The Bertz CT molecular complexity index is 1830. The van der Waals surface area contributed by atoms with E-state index in [0.29, 0.717) is 0 Å². The normalized spacial score (nSPS) is 11.4. The van der Waals surface area contributed by atoms with Crippen LogP contribution in [0.3, 0.4) is 0 Å². The number of hydrogen-bond donors (Lipinski definition) is 0. The summed E-state index contributed by atoms with van der Waals surface area (Å²) in [4.78, 5) is 0. The Balaban J connectivity index is -0.000000194. The average molecular weight is 1290 g/mol. The Labute approximate surface area is 494 Å². The van der Waals surface area contributed by atoms with Crippen LogP contribution in [0.1, 0.15) is 191 Å². The minimum Gasteiger partial charge on any atom is -0.418 e. The van der Waals surface area contributed by atoms with Crippen LogP contribution in [0.5, 0.6) is 0 Å². The molecule has 0 unspecified atom stereocenters. The standard InChI is InChI=1S/2C19H31.2C9H12.2CH2Cl2.2BF4.2Mo/c2*1-17(2,3)14-10-11-15(18(4,5)6)13-16(12-14)19(7,8)9;2*1-7-4-8(2)6-9(3)5-7;2*2-1-3;2*2-1(3,4)5;;/h2*10-13H,1-9H3;2*4-6H,1-3H3;2*1H2;;;;/q2*+1;;;;;2*-1;;. The molecule has 4 rings (SSSR count). The van der Waals surface area contributed by atoms with E-state index in [1.807, 2.05) is 0 Å². The Morgan fingerprint density at radius 2 is 0.486 bits per heavy atom. The maximum atomic E-state index is 9.75. The summed E-state index contributed by atoms with van der Waals surface area (Å²) >= 11 is 19.1. The summed E-state index contributed by atoms with van der Waals surface area (Å²) in [5, 5.41) is 0.389. The van der Waals surface area contributed by atoms with E-state index in [2.05, 4.69) is 251 Å². The molecule has 74 heavy (non-hydrogen) atoms. The van der Waals surface area contributed by atoms with E-state index in [9.17, 15) is 34.5 Å². The maximum Gasteiger partial charge on any atom is 0.673 e. The number of alkyl halides is 4. The van der Waals surface area contributed by atoms with E-state index >= 15 is 0 Å². The first-order valence-electron chi connectivity index (χ1n) is 23.9. The minimum atomic E-state index is -6.00. The molecule has 0 saturated carbocycles. The summed E-state index contributed by atoms with van der Waals surface area (Å²) in [5.41, 5.74) is 17.7. The predicted octanol–water partition coefficient (Wildman–Crippen LogP) is 22.4. The molecular formula is C58H90B2Cl4F8Mo2. The van der Waals surface area contributed by atoms with Gasteiger partial charge in [-0.15, -0.1) is 46.4 Å². The fourth-order valence-corrected chi connectivity index (χ4v) is 6.44. The van der Waals surface area contributed by atoms with Crippen LogP contribution in [-0.4, -0.2) is 25.2 Å². The molecule has 0 aliphatic carbocycles. The van der Waals surface area contributed by atoms with Gasteiger partial charge in [0.2, 0.25) is 0 Å². The molecule has 0 nitrogen and oxygen atoms in total. The Morgan fingerprint density at radius 3 is 0.608 bits per heavy atom. The number of rotatable bonds is 0. The fourth-order valence-electron chi connectivity index (χ4n) is 6.44. The summed E-state index contributed by atoms with van der Waals surface area (Å²) < 4.78 is 78.0. The van der Waals surface area contributed by atoms with Gasteiger partial charge in [0.15, 0.2) is 0 Å². The van der Waals surface area contributed by atoms with Crippen LogP contribution < -0.4 is 0 Å². The second kappa shape index (κ2) is 36.8. The van der Waals surface area contributed by atoms with E-state index < -0.39 is 14.5 Å². The third kappa shape index (κ3) is 47.9. The maximum absolute atomic E-state index is 9.75. The zero-order valence-electron chi connectivity index (χ0n) is 49.0. The van der Waals surface area contributed by atoms with Crippen LogP contribution in [0.25, 0.3) is 0 Å². The third-order valence-electron chi connectivity index (χ3n) is 10.1. The molecule has 0 atom stereocenters. The van der Waals surface area contributed by atoms with Gasteiger partial charge in [-0.05, 0) is 125 Å². The van der Waals surface area contributed by atoms with Crippen LogP contribution in [0, 0.1) is 41.5 Å². The molecule has 0 amide bonds. The smallest absolute Gasteiger partial charge is 0.418 e. The van der Waals surface area contributed by atoms with Crippen molar-refractivity contribution in [3.05, 3.63) is 152 Å². The van der Waals surface area contributed by atoms with Crippen molar-refractivity contribution in [1.29, 1.82) is 0 Å². The van der Waals surface area contributed by atoms with Gasteiger partial charge in [0, 0.05) is 121 Å². The van der Waals surface area contributed by atoms with Gasteiger partial charge < -0.3 is 34.5 Å². The summed E-state index contributed by atoms with van der Waals surface area (Å²) in [6.45, 7) is 53.9. The molecule has 0 fully saturated rings. The van der Waals surface area contributed by atoms with Crippen molar-refractivity contribution in [3.8, 4) is 0 Å². The van der Waals surface area contributed by atoms with E-state index in [1.165, 1.54) is 66.8 Å². The quantitative estimate of drug-likeness (QED) is 0.0712.